The zero-order chi connectivity index (χ0) is 15.9. The summed E-state index contributed by atoms with van der Waals surface area (Å²) in [5, 5.41) is 22.2. The summed E-state index contributed by atoms with van der Waals surface area (Å²) in [6, 6.07) is 6.77. The van der Waals surface area contributed by atoms with Crippen molar-refractivity contribution in [3.8, 4) is 0 Å². The molecule has 0 saturated heterocycles. The topological polar surface area (TPSA) is 94.1 Å². The number of nitrogens with one attached hydrogen (secondary N) is 1. The van der Waals surface area contributed by atoms with Gasteiger partial charge in [0.05, 0.1) is 15.6 Å². The second-order valence-corrected chi connectivity index (χ2v) is 6.95. The lowest BCUT2D eigenvalue weighted by Crippen LogP contribution is -2.00. The molecule has 0 aliphatic rings. The Morgan fingerprint density at radius 2 is 1.95 bits per heavy atom. The summed E-state index contributed by atoms with van der Waals surface area (Å²) in [5.74, 6) is 0. The van der Waals surface area contributed by atoms with Gasteiger partial charge in [-0.25, -0.2) is 4.63 Å². The highest BCUT2D eigenvalue weighted by Gasteiger charge is 2.23. The van der Waals surface area contributed by atoms with Gasteiger partial charge in [-0.2, -0.15) is 0 Å². The first-order chi connectivity index (χ1) is 10.5. The molecule has 2 aromatic carbocycles. The lowest BCUT2D eigenvalue weighted by Gasteiger charge is -2.10. The average Bonchev–Trinajstić information content (AvgIpc) is 2.92. The molecular formula is C12H5ClI2N4O3. The van der Waals surface area contributed by atoms with Crippen molar-refractivity contribution in [1.29, 1.82) is 0 Å². The first-order valence-electron chi connectivity index (χ1n) is 5.78. The van der Waals surface area contributed by atoms with Crippen LogP contribution in [0.4, 0.5) is 17.1 Å². The third-order valence-corrected chi connectivity index (χ3v) is 5.28. The molecule has 0 radical (unpaired) electrons. The van der Waals surface area contributed by atoms with E-state index in [-0.39, 0.29) is 11.2 Å². The quantitative estimate of drug-likeness (QED) is 0.223. The Balaban J connectivity index is 2.13. The van der Waals surface area contributed by atoms with Crippen molar-refractivity contribution in [3.05, 3.63) is 46.5 Å². The molecule has 0 aliphatic carbocycles. The van der Waals surface area contributed by atoms with Crippen LogP contribution in [0.25, 0.3) is 11.0 Å². The lowest BCUT2D eigenvalue weighted by atomic mass is 10.2. The highest BCUT2D eigenvalue weighted by atomic mass is 127. The molecule has 0 amide bonds. The summed E-state index contributed by atoms with van der Waals surface area (Å²) in [5.41, 5.74) is 1.20. The van der Waals surface area contributed by atoms with Gasteiger partial charge in [-0.15, -0.1) is 0 Å². The predicted molar refractivity (Wildman–Crippen MR) is 98.6 cm³/mol. The summed E-state index contributed by atoms with van der Waals surface area (Å²) < 4.78 is 6.35. The SMILES string of the molecule is O=[N+]([O-])c1c(Nc2cc(Cl)c(I)cc2I)ccc2nonc12. The summed E-state index contributed by atoms with van der Waals surface area (Å²) >= 11 is 10.4. The molecule has 7 nitrogen and oxygen atoms in total. The molecule has 0 unspecified atom stereocenters. The van der Waals surface area contributed by atoms with Gasteiger partial charge in [0.2, 0.25) is 5.52 Å². The fraction of sp³-hybridized carbons (Fsp3) is 0. The Morgan fingerprint density at radius 3 is 2.68 bits per heavy atom. The van der Waals surface area contributed by atoms with Gasteiger partial charge in [-0.1, -0.05) is 11.6 Å². The number of hydrogen-bond donors (Lipinski definition) is 1. The normalized spacial score (nSPS) is 10.9. The van der Waals surface area contributed by atoms with Gasteiger partial charge in [0.15, 0.2) is 0 Å². The van der Waals surface area contributed by atoms with Gasteiger partial charge in [0.1, 0.15) is 11.2 Å². The fourth-order valence-electron chi connectivity index (χ4n) is 1.89. The second-order valence-electron chi connectivity index (χ2n) is 4.22. The van der Waals surface area contributed by atoms with Gasteiger partial charge in [-0.05, 0) is 79.8 Å². The first kappa shape index (κ1) is 15.7. The van der Waals surface area contributed by atoms with Crippen molar-refractivity contribution in [2.45, 2.75) is 0 Å². The molecule has 0 saturated carbocycles. The molecule has 0 spiro atoms. The van der Waals surface area contributed by atoms with Gasteiger partial charge >= 0.3 is 5.69 Å². The Labute approximate surface area is 155 Å². The number of anilines is 2. The smallest absolute Gasteiger partial charge is 0.323 e. The summed E-state index contributed by atoms with van der Waals surface area (Å²) in [4.78, 5) is 10.8. The number of halogens is 3. The largest absolute Gasteiger partial charge is 0.349 e. The number of nitro groups is 1. The van der Waals surface area contributed by atoms with E-state index in [1.165, 1.54) is 0 Å². The number of nitro benzene ring substituents is 1. The summed E-state index contributed by atoms with van der Waals surface area (Å²) in [7, 11) is 0. The molecule has 0 aliphatic heterocycles. The molecule has 3 rings (SSSR count). The number of rotatable bonds is 3. The molecule has 0 atom stereocenters. The molecular weight excluding hydrogens is 537 g/mol. The highest BCUT2D eigenvalue weighted by molar-refractivity contribution is 14.1. The van der Waals surface area contributed by atoms with Crippen molar-refractivity contribution in [2.24, 2.45) is 0 Å². The van der Waals surface area contributed by atoms with E-state index in [1.807, 2.05) is 6.07 Å². The molecule has 22 heavy (non-hydrogen) atoms. The predicted octanol–water partition coefficient (Wildman–Crippen LogP) is 4.74. The van der Waals surface area contributed by atoms with Crippen LogP contribution in [0.5, 0.6) is 0 Å². The molecule has 112 valence electrons. The van der Waals surface area contributed by atoms with E-state index in [1.54, 1.807) is 18.2 Å². The fourth-order valence-corrected chi connectivity index (χ4v) is 3.72. The van der Waals surface area contributed by atoms with Crippen molar-refractivity contribution in [2.75, 3.05) is 5.32 Å². The van der Waals surface area contributed by atoms with Crippen LogP contribution in [0.15, 0.2) is 28.9 Å². The number of nitrogens with zero attached hydrogens (tertiary/aromatic N) is 3. The average molecular weight is 542 g/mol. The van der Waals surface area contributed by atoms with E-state index in [0.717, 1.165) is 7.14 Å². The number of fused-ring (bicyclic) bond motifs is 1. The standard InChI is InChI=1S/C12H5ClI2N4O3/c13-5-3-10(7(15)4-6(5)14)16-9-2-1-8-11(18-22-17-8)12(9)19(20)21/h1-4,16H. The molecule has 0 fully saturated rings. The minimum Gasteiger partial charge on any atom is -0.349 e. The number of hydrogen-bond acceptors (Lipinski definition) is 6. The number of benzene rings is 2. The Hall–Kier alpha value is -1.21. The minimum atomic E-state index is -0.518. The maximum atomic E-state index is 11.4. The van der Waals surface area contributed by atoms with Crippen molar-refractivity contribution < 1.29 is 9.55 Å². The van der Waals surface area contributed by atoms with Crippen LogP contribution < -0.4 is 5.32 Å². The van der Waals surface area contributed by atoms with Crippen molar-refractivity contribution in [3.63, 3.8) is 0 Å². The zero-order valence-electron chi connectivity index (χ0n) is 10.5. The minimum absolute atomic E-state index is 0.0987. The first-order valence-corrected chi connectivity index (χ1v) is 8.32. The van der Waals surface area contributed by atoms with Crippen LogP contribution in [0.3, 0.4) is 0 Å². The van der Waals surface area contributed by atoms with Crippen molar-refractivity contribution >= 4 is 84.9 Å². The maximum Gasteiger partial charge on any atom is 0.323 e. The van der Waals surface area contributed by atoms with Crippen molar-refractivity contribution in [1.82, 2.24) is 10.3 Å². The summed E-state index contributed by atoms with van der Waals surface area (Å²) in [6.07, 6.45) is 0. The van der Waals surface area contributed by atoms with E-state index in [9.17, 15) is 10.1 Å². The van der Waals surface area contributed by atoms with Crippen LogP contribution in [0, 0.1) is 17.3 Å². The molecule has 10 heteroatoms. The summed E-state index contributed by atoms with van der Waals surface area (Å²) in [6.45, 7) is 0. The Kier molecular flexibility index (Phi) is 4.36. The van der Waals surface area contributed by atoms with E-state index in [2.05, 4.69) is 65.4 Å². The molecule has 3 aromatic rings. The number of aromatic nitrogens is 2. The van der Waals surface area contributed by atoms with Gasteiger partial charge in [0.25, 0.3) is 0 Å². The third-order valence-electron chi connectivity index (χ3n) is 2.86. The third kappa shape index (κ3) is 2.84. The van der Waals surface area contributed by atoms with Gasteiger partial charge in [-0.3, -0.25) is 10.1 Å². The zero-order valence-corrected chi connectivity index (χ0v) is 15.6. The monoisotopic (exact) mass is 542 g/mol. The Morgan fingerprint density at radius 1 is 1.18 bits per heavy atom. The molecule has 1 heterocycles. The highest BCUT2D eigenvalue weighted by Crippen LogP contribution is 2.36. The van der Waals surface area contributed by atoms with E-state index < -0.39 is 4.92 Å². The van der Waals surface area contributed by atoms with E-state index >= 15 is 0 Å². The van der Waals surface area contributed by atoms with E-state index in [4.69, 9.17) is 11.6 Å². The van der Waals surface area contributed by atoms with E-state index in [0.29, 0.717) is 21.9 Å². The Bertz CT molecular complexity index is 899. The molecule has 1 aromatic heterocycles. The van der Waals surface area contributed by atoms with Crippen LogP contribution in [0.2, 0.25) is 5.02 Å². The van der Waals surface area contributed by atoms with Crippen LogP contribution in [0.1, 0.15) is 0 Å². The van der Waals surface area contributed by atoms with Crippen LogP contribution in [-0.2, 0) is 0 Å². The second kappa shape index (κ2) is 6.12. The molecule has 1 N–H and O–H groups in total. The molecule has 0 bridgehead atoms. The lowest BCUT2D eigenvalue weighted by molar-refractivity contribution is -0.382. The maximum absolute atomic E-state index is 11.4. The van der Waals surface area contributed by atoms with Crippen LogP contribution in [-0.4, -0.2) is 15.2 Å². The van der Waals surface area contributed by atoms with Gasteiger partial charge < -0.3 is 5.32 Å². The van der Waals surface area contributed by atoms with Gasteiger partial charge in [0, 0.05) is 7.14 Å². The van der Waals surface area contributed by atoms with Crippen LogP contribution >= 0.6 is 56.8 Å².